The number of piperidine rings is 1. The maximum atomic E-state index is 12.7. The zero-order valence-corrected chi connectivity index (χ0v) is 16.4. The Balaban J connectivity index is 1.61. The van der Waals surface area contributed by atoms with Gasteiger partial charge in [-0.3, -0.25) is 4.79 Å². The van der Waals surface area contributed by atoms with Crippen molar-refractivity contribution in [1.82, 2.24) is 4.90 Å². The average molecular weight is 390 g/mol. The van der Waals surface area contributed by atoms with E-state index in [2.05, 4.69) is 0 Å². The van der Waals surface area contributed by atoms with E-state index in [9.17, 15) is 4.79 Å². The predicted octanol–water partition coefficient (Wildman–Crippen LogP) is 4.18. The molecule has 0 spiro atoms. The van der Waals surface area contributed by atoms with Crippen LogP contribution < -0.4 is 9.47 Å². The fraction of sp³-hybridized carbons (Fsp3) is 0.381. The summed E-state index contributed by atoms with van der Waals surface area (Å²) in [6.07, 6.45) is 1.85. The molecule has 0 radical (unpaired) electrons. The van der Waals surface area contributed by atoms with E-state index in [4.69, 9.17) is 25.8 Å². The van der Waals surface area contributed by atoms with Crippen LogP contribution in [0.4, 0.5) is 0 Å². The fourth-order valence-corrected chi connectivity index (χ4v) is 3.42. The topological polar surface area (TPSA) is 48.0 Å². The number of amides is 1. The van der Waals surface area contributed by atoms with Gasteiger partial charge in [0.05, 0.1) is 26.9 Å². The van der Waals surface area contributed by atoms with Crippen LogP contribution in [-0.2, 0) is 11.3 Å². The lowest BCUT2D eigenvalue weighted by atomic mass is 10.1. The summed E-state index contributed by atoms with van der Waals surface area (Å²) in [6, 6.07) is 12.8. The quantitative estimate of drug-likeness (QED) is 0.743. The van der Waals surface area contributed by atoms with E-state index in [0.29, 0.717) is 23.7 Å². The number of ether oxygens (including phenoxy) is 3. The Morgan fingerprint density at radius 3 is 2.56 bits per heavy atom. The molecule has 0 aromatic heterocycles. The van der Waals surface area contributed by atoms with Crippen molar-refractivity contribution >= 4 is 17.5 Å². The zero-order valence-electron chi connectivity index (χ0n) is 15.6. The first-order valence-electron chi connectivity index (χ1n) is 8.97. The number of hydrogen-bond acceptors (Lipinski definition) is 4. The zero-order chi connectivity index (χ0) is 19.2. The maximum absolute atomic E-state index is 12.7. The summed E-state index contributed by atoms with van der Waals surface area (Å²) >= 11 is 6.01. The van der Waals surface area contributed by atoms with Gasteiger partial charge in [0.2, 0.25) is 0 Å². The Labute approximate surface area is 164 Å². The molecule has 1 aliphatic rings. The Kier molecular flexibility index (Phi) is 6.58. The van der Waals surface area contributed by atoms with Gasteiger partial charge in [-0.05, 0) is 48.7 Å². The molecule has 2 aromatic carbocycles. The van der Waals surface area contributed by atoms with Gasteiger partial charge in [0.15, 0.2) is 0 Å². The number of carbonyl (C=O) groups excluding carboxylic acids is 1. The van der Waals surface area contributed by atoms with Crippen LogP contribution in [0.5, 0.6) is 11.5 Å². The van der Waals surface area contributed by atoms with Crippen molar-refractivity contribution in [3.8, 4) is 11.5 Å². The van der Waals surface area contributed by atoms with E-state index >= 15 is 0 Å². The summed E-state index contributed by atoms with van der Waals surface area (Å²) in [4.78, 5) is 14.6. The lowest BCUT2D eigenvalue weighted by molar-refractivity contribution is -0.00681. The van der Waals surface area contributed by atoms with Crippen molar-refractivity contribution in [3.63, 3.8) is 0 Å². The SMILES string of the molecule is COc1cc(COC2CCCN(C(=O)c3cccc(Cl)c3)C2)cc(OC)c1. The Morgan fingerprint density at radius 1 is 1.15 bits per heavy atom. The monoisotopic (exact) mass is 389 g/mol. The number of halogens is 1. The average Bonchev–Trinajstić information content (AvgIpc) is 2.71. The second kappa shape index (κ2) is 9.11. The number of carbonyl (C=O) groups is 1. The van der Waals surface area contributed by atoms with Gasteiger partial charge in [0.1, 0.15) is 11.5 Å². The fourth-order valence-electron chi connectivity index (χ4n) is 3.23. The second-order valence-electron chi connectivity index (χ2n) is 6.56. The van der Waals surface area contributed by atoms with Gasteiger partial charge < -0.3 is 19.1 Å². The lowest BCUT2D eigenvalue weighted by Gasteiger charge is -2.33. The van der Waals surface area contributed by atoms with Gasteiger partial charge in [0, 0.05) is 29.7 Å². The van der Waals surface area contributed by atoms with Crippen LogP contribution in [0.2, 0.25) is 5.02 Å². The van der Waals surface area contributed by atoms with Crippen LogP contribution >= 0.6 is 11.6 Å². The third-order valence-corrected chi connectivity index (χ3v) is 4.87. The van der Waals surface area contributed by atoms with E-state index in [1.54, 1.807) is 38.5 Å². The van der Waals surface area contributed by atoms with E-state index in [0.717, 1.165) is 36.4 Å². The molecule has 27 heavy (non-hydrogen) atoms. The molecule has 1 atom stereocenters. The highest BCUT2D eigenvalue weighted by atomic mass is 35.5. The van der Waals surface area contributed by atoms with Gasteiger partial charge in [-0.1, -0.05) is 17.7 Å². The summed E-state index contributed by atoms with van der Waals surface area (Å²) in [5.74, 6) is 1.46. The Hall–Kier alpha value is -2.24. The summed E-state index contributed by atoms with van der Waals surface area (Å²) in [5.41, 5.74) is 1.59. The van der Waals surface area contributed by atoms with Gasteiger partial charge >= 0.3 is 0 Å². The Bertz CT molecular complexity index is 773. The first kappa shape index (κ1) is 19.5. The molecule has 1 amide bonds. The number of benzene rings is 2. The van der Waals surface area contributed by atoms with E-state index in [1.807, 2.05) is 23.1 Å². The van der Waals surface area contributed by atoms with Crippen molar-refractivity contribution in [2.75, 3.05) is 27.3 Å². The molecule has 0 aliphatic carbocycles. The van der Waals surface area contributed by atoms with Crippen LogP contribution in [0.3, 0.4) is 0 Å². The molecule has 6 heteroatoms. The number of methoxy groups -OCH3 is 2. The Morgan fingerprint density at radius 2 is 1.89 bits per heavy atom. The van der Waals surface area contributed by atoms with Crippen molar-refractivity contribution < 1.29 is 19.0 Å². The highest BCUT2D eigenvalue weighted by Crippen LogP contribution is 2.24. The first-order valence-corrected chi connectivity index (χ1v) is 9.35. The van der Waals surface area contributed by atoms with Crippen LogP contribution in [0.25, 0.3) is 0 Å². The van der Waals surface area contributed by atoms with Crippen LogP contribution in [-0.4, -0.2) is 44.2 Å². The summed E-state index contributed by atoms with van der Waals surface area (Å²) < 4.78 is 16.7. The molecule has 1 heterocycles. The summed E-state index contributed by atoms with van der Waals surface area (Å²) in [7, 11) is 3.25. The van der Waals surface area contributed by atoms with Crippen molar-refractivity contribution in [1.29, 1.82) is 0 Å². The van der Waals surface area contributed by atoms with E-state index in [1.165, 1.54) is 0 Å². The van der Waals surface area contributed by atoms with Crippen LogP contribution in [0.1, 0.15) is 28.8 Å². The molecule has 1 saturated heterocycles. The molecule has 1 unspecified atom stereocenters. The van der Waals surface area contributed by atoms with E-state index < -0.39 is 0 Å². The largest absolute Gasteiger partial charge is 0.497 e. The summed E-state index contributed by atoms with van der Waals surface area (Å²) in [6.45, 7) is 1.75. The number of rotatable bonds is 6. The van der Waals surface area contributed by atoms with Crippen molar-refractivity contribution in [2.45, 2.75) is 25.6 Å². The molecule has 0 bridgehead atoms. The normalized spacial score (nSPS) is 16.9. The van der Waals surface area contributed by atoms with Crippen LogP contribution in [0, 0.1) is 0 Å². The molecule has 0 saturated carbocycles. The molecule has 0 N–H and O–H groups in total. The molecular weight excluding hydrogens is 366 g/mol. The lowest BCUT2D eigenvalue weighted by Crippen LogP contribution is -2.43. The van der Waals surface area contributed by atoms with Gasteiger partial charge in [-0.15, -0.1) is 0 Å². The highest BCUT2D eigenvalue weighted by molar-refractivity contribution is 6.30. The van der Waals surface area contributed by atoms with Crippen LogP contribution in [0.15, 0.2) is 42.5 Å². The smallest absolute Gasteiger partial charge is 0.253 e. The van der Waals surface area contributed by atoms with Crippen molar-refractivity contribution in [2.24, 2.45) is 0 Å². The van der Waals surface area contributed by atoms with Gasteiger partial charge in [-0.2, -0.15) is 0 Å². The standard InChI is InChI=1S/C21H24ClNO4/c1-25-19-9-15(10-20(12-19)26-2)14-27-18-7-4-8-23(13-18)21(24)16-5-3-6-17(22)11-16/h3,5-6,9-12,18H,4,7-8,13-14H2,1-2H3. The minimum Gasteiger partial charge on any atom is -0.497 e. The molecule has 5 nitrogen and oxygen atoms in total. The molecule has 1 aliphatic heterocycles. The maximum Gasteiger partial charge on any atom is 0.253 e. The molecule has 3 rings (SSSR count). The van der Waals surface area contributed by atoms with E-state index in [-0.39, 0.29) is 12.0 Å². The molecular formula is C21H24ClNO4. The molecule has 144 valence electrons. The minimum atomic E-state index is -0.00569. The minimum absolute atomic E-state index is 0.000852. The second-order valence-corrected chi connectivity index (χ2v) is 6.99. The van der Waals surface area contributed by atoms with Gasteiger partial charge in [0.25, 0.3) is 5.91 Å². The highest BCUT2D eigenvalue weighted by Gasteiger charge is 2.25. The predicted molar refractivity (Wildman–Crippen MR) is 105 cm³/mol. The number of nitrogens with zero attached hydrogens (tertiary/aromatic N) is 1. The van der Waals surface area contributed by atoms with Gasteiger partial charge in [-0.25, -0.2) is 0 Å². The molecule has 1 fully saturated rings. The third-order valence-electron chi connectivity index (χ3n) is 4.63. The first-order chi connectivity index (χ1) is 13.1. The van der Waals surface area contributed by atoms with Crippen molar-refractivity contribution in [3.05, 3.63) is 58.6 Å². The molecule has 2 aromatic rings. The summed E-state index contributed by atoms with van der Waals surface area (Å²) in [5, 5.41) is 0.567. The number of hydrogen-bond donors (Lipinski definition) is 0. The number of likely N-dealkylation sites (tertiary alicyclic amines) is 1. The third kappa shape index (κ3) is 5.15.